The highest BCUT2D eigenvalue weighted by molar-refractivity contribution is 9.09. The first-order valence-electron chi connectivity index (χ1n) is 14.6. The molecule has 4 aliphatic carbocycles. The molecule has 34 heavy (non-hydrogen) atoms. The molecule has 2 nitrogen and oxygen atoms in total. The minimum atomic E-state index is -0.0415. The van der Waals surface area contributed by atoms with Crippen molar-refractivity contribution < 1.29 is 9.53 Å². The first-order chi connectivity index (χ1) is 16.0. The number of fused-ring (bicyclic) bond motifs is 5. The normalized spacial score (nSPS) is 41.2. The summed E-state index contributed by atoms with van der Waals surface area (Å²) in [7, 11) is 0. The summed E-state index contributed by atoms with van der Waals surface area (Å²) < 4.78 is 5.90. The molecule has 0 spiro atoms. The average Bonchev–Trinajstić information content (AvgIpc) is 3.10. The van der Waals surface area contributed by atoms with E-state index in [1.54, 1.807) is 5.57 Å². The fourth-order valence-electron chi connectivity index (χ4n) is 9.22. The molecule has 4 rings (SSSR count). The van der Waals surface area contributed by atoms with Crippen molar-refractivity contribution in [2.75, 3.05) is 0 Å². The second kappa shape index (κ2) is 10.6. The molecule has 0 saturated heterocycles. The summed E-state index contributed by atoms with van der Waals surface area (Å²) in [5.74, 6) is 5.21. The average molecular weight is 536 g/mol. The smallest absolute Gasteiger partial charge is 0.307 e. The third-order valence-corrected chi connectivity index (χ3v) is 11.3. The van der Waals surface area contributed by atoms with Gasteiger partial charge in [-0.3, -0.25) is 4.79 Å². The van der Waals surface area contributed by atoms with Gasteiger partial charge in [-0.1, -0.05) is 88.4 Å². The fraction of sp³-hybridized carbons (Fsp3) is 0.903. The van der Waals surface area contributed by atoms with E-state index in [9.17, 15) is 4.79 Å². The van der Waals surface area contributed by atoms with Gasteiger partial charge in [0.05, 0.1) is 6.42 Å². The molecule has 9 atom stereocenters. The van der Waals surface area contributed by atoms with Gasteiger partial charge in [0.1, 0.15) is 6.10 Å². The Balaban J connectivity index is 1.42. The van der Waals surface area contributed by atoms with Crippen LogP contribution >= 0.6 is 15.9 Å². The second-order valence-corrected chi connectivity index (χ2v) is 15.2. The van der Waals surface area contributed by atoms with Gasteiger partial charge in [-0.15, -0.1) is 0 Å². The number of halogens is 1. The van der Waals surface area contributed by atoms with Crippen molar-refractivity contribution >= 4 is 21.9 Å². The standard InChI is InChI=1S/C31H51BrO2/c1-20(2)8-7-9-21(3)26-12-13-27-25-11-10-23-19-24(34-29(33)18-22(4)32)14-16-30(23,5)28(25)15-17-31(26,27)6/h10,20-22,24-28H,7-9,11-19H2,1-6H3/t21-,22+,24+,25-,26+,27-,28-,30+,31-/m1/s1. The summed E-state index contributed by atoms with van der Waals surface area (Å²) in [5, 5.41) is 0. The van der Waals surface area contributed by atoms with Crippen LogP contribution in [0.2, 0.25) is 0 Å². The number of alkyl halides is 1. The maximum absolute atomic E-state index is 12.3. The van der Waals surface area contributed by atoms with Crippen LogP contribution in [0.15, 0.2) is 11.6 Å². The molecule has 0 aromatic heterocycles. The summed E-state index contributed by atoms with van der Waals surface area (Å²) in [4.78, 5) is 12.5. The molecule has 3 fully saturated rings. The number of esters is 1. The lowest BCUT2D eigenvalue weighted by molar-refractivity contribution is -0.151. The SMILES string of the molecule is CC(C)CCC[C@@H](C)[C@@H]1CC[C@@H]2[C@H]3CC=C4C[C@@H](OC(=O)C[C@H](C)Br)CC[C@]4(C)[C@@H]3CC[C@@]21C. The lowest BCUT2D eigenvalue weighted by Crippen LogP contribution is -2.51. The summed E-state index contributed by atoms with van der Waals surface area (Å²) in [6.45, 7) is 14.6. The summed E-state index contributed by atoms with van der Waals surface area (Å²) in [6, 6.07) is 0. The Morgan fingerprint density at radius 1 is 1.06 bits per heavy atom. The highest BCUT2D eigenvalue weighted by atomic mass is 79.9. The molecule has 0 amide bonds. The van der Waals surface area contributed by atoms with E-state index in [-0.39, 0.29) is 16.9 Å². The Morgan fingerprint density at radius 2 is 1.82 bits per heavy atom. The van der Waals surface area contributed by atoms with E-state index in [4.69, 9.17) is 4.74 Å². The van der Waals surface area contributed by atoms with E-state index >= 15 is 0 Å². The van der Waals surface area contributed by atoms with Crippen molar-refractivity contribution in [3.63, 3.8) is 0 Å². The van der Waals surface area contributed by atoms with Crippen LogP contribution in [0.3, 0.4) is 0 Å². The lowest BCUT2D eigenvalue weighted by Gasteiger charge is -2.58. The number of carbonyl (C=O) groups is 1. The summed E-state index contributed by atoms with van der Waals surface area (Å²) in [6.07, 6.45) is 17.6. The zero-order chi connectivity index (χ0) is 24.7. The van der Waals surface area contributed by atoms with Gasteiger partial charge in [0, 0.05) is 11.2 Å². The van der Waals surface area contributed by atoms with Crippen LogP contribution in [-0.2, 0) is 9.53 Å². The number of ether oxygens (including phenoxy) is 1. The van der Waals surface area contributed by atoms with Crippen molar-refractivity contribution in [3.8, 4) is 0 Å². The van der Waals surface area contributed by atoms with E-state index in [1.165, 1.54) is 57.8 Å². The molecule has 4 aliphatic rings. The van der Waals surface area contributed by atoms with Crippen LogP contribution in [-0.4, -0.2) is 16.9 Å². The molecule has 0 unspecified atom stereocenters. The molecule has 3 heteroatoms. The van der Waals surface area contributed by atoms with Crippen molar-refractivity contribution in [3.05, 3.63) is 11.6 Å². The molecule has 0 aliphatic heterocycles. The zero-order valence-electron chi connectivity index (χ0n) is 22.9. The number of rotatable bonds is 8. The highest BCUT2D eigenvalue weighted by Crippen LogP contribution is 2.67. The van der Waals surface area contributed by atoms with Crippen LogP contribution in [0, 0.1) is 46.3 Å². The molecule has 0 heterocycles. The topological polar surface area (TPSA) is 26.3 Å². The number of hydrogen-bond acceptors (Lipinski definition) is 2. The fourth-order valence-corrected chi connectivity index (χ4v) is 9.48. The largest absolute Gasteiger partial charge is 0.462 e. The van der Waals surface area contributed by atoms with Gasteiger partial charge < -0.3 is 4.74 Å². The van der Waals surface area contributed by atoms with Gasteiger partial charge in [-0.05, 0) is 91.3 Å². The second-order valence-electron chi connectivity index (χ2n) is 13.6. The Kier molecular flexibility index (Phi) is 8.33. The molecule has 194 valence electrons. The monoisotopic (exact) mass is 534 g/mol. The van der Waals surface area contributed by atoms with Gasteiger partial charge >= 0.3 is 5.97 Å². The van der Waals surface area contributed by atoms with Crippen LogP contribution in [0.4, 0.5) is 0 Å². The van der Waals surface area contributed by atoms with Crippen molar-refractivity contribution in [1.82, 2.24) is 0 Å². The molecule has 0 N–H and O–H groups in total. The highest BCUT2D eigenvalue weighted by Gasteiger charge is 2.59. The third-order valence-electron chi connectivity index (χ3n) is 11.0. The first-order valence-corrected chi connectivity index (χ1v) is 15.5. The van der Waals surface area contributed by atoms with Gasteiger partial charge in [-0.25, -0.2) is 0 Å². The van der Waals surface area contributed by atoms with E-state index in [0.717, 1.165) is 48.3 Å². The minimum absolute atomic E-state index is 0.0415. The predicted molar refractivity (Wildman–Crippen MR) is 146 cm³/mol. The Bertz CT molecular complexity index is 757. The molecule has 0 aromatic rings. The van der Waals surface area contributed by atoms with Gasteiger partial charge in [0.25, 0.3) is 0 Å². The first kappa shape index (κ1) is 26.7. The molecule has 0 radical (unpaired) electrons. The van der Waals surface area contributed by atoms with Crippen LogP contribution in [0.25, 0.3) is 0 Å². The van der Waals surface area contributed by atoms with Gasteiger partial charge in [-0.2, -0.15) is 0 Å². The van der Waals surface area contributed by atoms with Crippen molar-refractivity contribution in [2.45, 2.75) is 130 Å². The quantitative estimate of drug-likeness (QED) is 0.176. The number of allylic oxidation sites excluding steroid dienone is 1. The number of carbonyl (C=O) groups excluding carboxylic acids is 1. The minimum Gasteiger partial charge on any atom is -0.462 e. The maximum atomic E-state index is 12.3. The van der Waals surface area contributed by atoms with Gasteiger partial charge in [0.2, 0.25) is 0 Å². The van der Waals surface area contributed by atoms with Crippen LogP contribution in [0.1, 0.15) is 119 Å². The van der Waals surface area contributed by atoms with Crippen LogP contribution < -0.4 is 0 Å². The Hall–Kier alpha value is -0.310. The van der Waals surface area contributed by atoms with E-state index in [1.807, 2.05) is 6.92 Å². The summed E-state index contributed by atoms with van der Waals surface area (Å²) in [5.41, 5.74) is 2.50. The molecule has 0 bridgehead atoms. The van der Waals surface area contributed by atoms with Crippen molar-refractivity contribution in [2.24, 2.45) is 46.3 Å². The maximum Gasteiger partial charge on any atom is 0.307 e. The Labute approximate surface area is 218 Å². The molecule has 0 aromatic carbocycles. The van der Waals surface area contributed by atoms with E-state index in [0.29, 0.717) is 17.3 Å². The molecular weight excluding hydrogens is 484 g/mol. The summed E-state index contributed by atoms with van der Waals surface area (Å²) >= 11 is 3.49. The lowest BCUT2D eigenvalue weighted by atomic mass is 9.47. The zero-order valence-corrected chi connectivity index (χ0v) is 24.5. The van der Waals surface area contributed by atoms with Gasteiger partial charge in [0.15, 0.2) is 0 Å². The Morgan fingerprint density at radius 3 is 2.53 bits per heavy atom. The van der Waals surface area contributed by atoms with E-state index in [2.05, 4.69) is 56.6 Å². The van der Waals surface area contributed by atoms with Crippen LogP contribution in [0.5, 0.6) is 0 Å². The number of hydrogen-bond donors (Lipinski definition) is 0. The third kappa shape index (κ3) is 5.21. The molecular formula is C31H51BrO2. The predicted octanol–water partition coefficient (Wildman–Crippen LogP) is 9.11. The van der Waals surface area contributed by atoms with E-state index < -0.39 is 0 Å². The van der Waals surface area contributed by atoms with Crippen molar-refractivity contribution in [1.29, 1.82) is 0 Å². The molecule has 3 saturated carbocycles.